The molecule has 0 aliphatic carbocycles. The van der Waals surface area contributed by atoms with E-state index in [4.69, 9.17) is 0 Å². The molecule has 0 unspecified atom stereocenters. The van der Waals surface area contributed by atoms with Gasteiger partial charge in [0.1, 0.15) is 0 Å². The van der Waals surface area contributed by atoms with E-state index < -0.39 is 0 Å². The van der Waals surface area contributed by atoms with Crippen LogP contribution in [-0.2, 0) is 4.79 Å². The van der Waals surface area contributed by atoms with Gasteiger partial charge in [0, 0.05) is 19.1 Å². The van der Waals surface area contributed by atoms with Gasteiger partial charge in [-0.25, -0.2) is 0 Å². The van der Waals surface area contributed by atoms with Crippen molar-refractivity contribution < 1.29 is 9.90 Å². The quantitative estimate of drug-likeness (QED) is 0.662. The zero-order valence-electron chi connectivity index (χ0n) is 10.3. The van der Waals surface area contributed by atoms with Crippen molar-refractivity contribution in [1.29, 1.82) is 0 Å². The topological polar surface area (TPSA) is 43.8 Å². The third-order valence-corrected chi connectivity index (χ3v) is 3.10. The molecular weight excluding hydrogens is 216 g/mol. The van der Waals surface area contributed by atoms with Gasteiger partial charge in [0.05, 0.1) is 13.2 Å². The number of carbonyl (C=O) groups excluding carboxylic acids is 1. The number of aliphatic hydroxyl groups excluding tert-OH is 1. The molecule has 96 valence electrons. The molecule has 1 heterocycles. The first-order valence-corrected chi connectivity index (χ1v) is 6.07. The summed E-state index contributed by atoms with van der Waals surface area (Å²) in [5, 5.41) is 9.20. The average molecular weight is 238 g/mol. The highest BCUT2D eigenvalue weighted by Gasteiger charge is 2.26. The number of hydrogen-bond acceptors (Lipinski definition) is 3. The molecular formula is C13H22N2O2. The summed E-state index contributed by atoms with van der Waals surface area (Å²) in [6.45, 7) is 9.79. The SMILES string of the molecule is C=CCN(CC=C)C(=O)CN1CCC[C@@H]1CO. The molecule has 1 fully saturated rings. The number of carbonyl (C=O) groups is 1. The molecule has 1 aliphatic rings. The third kappa shape index (κ3) is 3.98. The summed E-state index contributed by atoms with van der Waals surface area (Å²) in [5.74, 6) is 0.0742. The molecule has 0 spiro atoms. The van der Waals surface area contributed by atoms with Crippen molar-refractivity contribution in [2.75, 3.05) is 32.8 Å². The van der Waals surface area contributed by atoms with Crippen LogP contribution in [0.5, 0.6) is 0 Å². The minimum atomic E-state index is 0.0742. The minimum Gasteiger partial charge on any atom is -0.395 e. The molecule has 1 atom stereocenters. The summed E-state index contributed by atoms with van der Waals surface area (Å²) < 4.78 is 0. The second kappa shape index (κ2) is 7.25. The smallest absolute Gasteiger partial charge is 0.237 e. The summed E-state index contributed by atoms with van der Waals surface area (Å²) in [4.78, 5) is 15.8. The monoisotopic (exact) mass is 238 g/mol. The fraction of sp³-hybridized carbons (Fsp3) is 0.615. The fourth-order valence-electron chi connectivity index (χ4n) is 2.17. The van der Waals surface area contributed by atoms with Gasteiger partial charge in [0.25, 0.3) is 0 Å². The van der Waals surface area contributed by atoms with Crippen LogP contribution in [0.3, 0.4) is 0 Å². The Bertz CT molecular complexity index is 269. The largest absolute Gasteiger partial charge is 0.395 e. The van der Waals surface area contributed by atoms with E-state index in [1.807, 2.05) is 0 Å². The molecule has 1 saturated heterocycles. The van der Waals surface area contributed by atoms with Gasteiger partial charge < -0.3 is 10.0 Å². The Labute approximate surface area is 103 Å². The van der Waals surface area contributed by atoms with Gasteiger partial charge in [-0.05, 0) is 19.4 Å². The number of aliphatic hydroxyl groups is 1. The van der Waals surface area contributed by atoms with Crippen LogP contribution in [0.4, 0.5) is 0 Å². The molecule has 17 heavy (non-hydrogen) atoms. The lowest BCUT2D eigenvalue weighted by molar-refractivity contribution is -0.131. The van der Waals surface area contributed by atoms with E-state index in [1.54, 1.807) is 17.1 Å². The Morgan fingerprint density at radius 1 is 1.41 bits per heavy atom. The second-order valence-corrected chi connectivity index (χ2v) is 4.33. The van der Waals surface area contributed by atoms with Crippen LogP contribution in [0.1, 0.15) is 12.8 Å². The van der Waals surface area contributed by atoms with Crippen LogP contribution in [0.25, 0.3) is 0 Å². The van der Waals surface area contributed by atoms with Gasteiger partial charge in [-0.2, -0.15) is 0 Å². The molecule has 0 radical (unpaired) electrons. The lowest BCUT2D eigenvalue weighted by Crippen LogP contribution is -2.43. The van der Waals surface area contributed by atoms with Crippen LogP contribution >= 0.6 is 0 Å². The van der Waals surface area contributed by atoms with E-state index in [2.05, 4.69) is 18.1 Å². The van der Waals surface area contributed by atoms with Gasteiger partial charge >= 0.3 is 0 Å². The maximum absolute atomic E-state index is 12.0. The molecule has 4 nitrogen and oxygen atoms in total. The lowest BCUT2D eigenvalue weighted by Gasteiger charge is -2.26. The van der Waals surface area contributed by atoms with Crippen LogP contribution in [0, 0.1) is 0 Å². The standard InChI is InChI=1S/C13H22N2O2/c1-3-7-14(8-4-2)13(17)10-15-9-5-6-12(15)11-16/h3-4,12,16H,1-2,5-11H2/t12-/m1/s1. The summed E-state index contributed by atoms with van der Waals surface area (Å²) in [6.07, 6.45) is 5.47. The van der Waals surface area contributed by atoms with Crippen molar-refractivity contribution >= 4 is 5.91 Å². The van der Waals surface area contributed by atoms with E-state index in [0.29, 0.717) is 19.6 Å². The first-order chi connectivity index (χ1) is 8.22. The Morgan fingerprint density at radius 2 is 2.06 bits per heavy atom. The first kappa shape index (κ1) is 13.9. The van der Waals surface area contributed by atoms with Crippen molar-refractivity contribution in [1.82, 2.24) is 9.80 Å². The molecule has 0 saturated carbocycles. The van der Waals surface area contributed by atoms with Crippen molar-refractivity contribution in [3.8, 4) is 0 Å². The van der Waals surface area contributed by atoms with Gasteiger partial charge in [0.2, 0.25) is 5.91 Å². The van der Waals surface area contributed by atoms with E-state index in [-0.39, 0.29) is 18.6 Å². The highest BCUT2D eigenvalue weighted by molar-refractivity contribution is 5.78. The Morgan fingerprint density at radius 3 is 2.59 bits per heavy atom. The summed E-state index contributed by atoms with van der Waals surface area (Å²) in [7, 11) is 0. The van der Waals surface area contributed by atoms with Crippen LogP contribution in [-0.4, -0.2) is 59.6 Å². The highest BCUT2D eigenvalue weighted by Crippen LogP contribution is 2.16. The maximum Gasteiger partial charge on any atom is 0.237 e. The molecule has 4 heteroatoms. The van der Waals surface area contributed by atoms with E-state index in [1.165, 1.54) is 0 Å². The number of rotatable bonds is 7. The third-order valence-electron chi connectivity index (χ3n) is 3.10. The molecule has 1 aliphatic heterocycles. The number of likely N-dealkylation sites (tertiary alicyclic amines) is 1. The predicted octanol–water partition coefficient (Wildman–Crippen LogP) is 0.644. The molecule has 1 rings (SSSR count). The van der Waals surface area contributed by atoms with Crippen LogP contribution < -0.4 is 0 Å². The minimum absolute atomic E-state index is 0.0742. The van der Waals surface area contributed by atoms with Crippen molar-refractivity contribution in [3.63, 3.8) is 0 Å². The summed E-state index contributed by atoms with van der Waals surface area (Å²) >= 11 is 0. The van der Waals surface area contributed by atoms with Gasteiger partial charge in [-0.1, -0.05) is 12.2 Å². The van der Waals surface area contributed by atoms with Gasteiger partial charge in [-0.3, -0.25) is 9.69 Å². The lowest BCUT2D eigenvalue weighted by atomic mass is 10.2. The van der Waals surface area contributed by atoms with Crippen molar-refractivity contribution in [2.24, 2.45) is 0 Å². The van der Waals surface area contributed by atoms with Crippen molar-refractivity contribution in [2.45, 2.75) is 18.9 Å². The molecule has 1 N–H and O–H groups in total. The van der Waals surface area contributed by atoms with Gasteiger partial charge in [0.15, 0.2) is 0 Å². The molecule has 0 aromatic carbocycles. The second-order valence-electron chi connectivity index (χ2n) is 4.33. The fourth-order valence-corrected chi connectivity index (χ4v) is 2.17. The Kier molecular flexibility index (Phi) is 5.94. The zero-order valence-corrected chi connectivity index (χ0v) is 10.3. The van der Waals surface area contributed by atoms with E-state index >= 15 is 0 Å². The number of nitrogens with zero attached hydrogens (tertiary/aromatic N) is 2. The molecule has 0 aromatic heterocycles. The molecule has 1 amide bonds. The maximum atomic E-state index is 12.0. The zero-order chi connectivity index (χ0) is 12.7. The van der Waals surface area contributed by atoms with Crippen molar-refractivity contribution in [3.05, 3.63) is 25.3 Å². The average Bonchev–Trinajstić information content (AvgIpc) is 2.76. The normalized spacial score (nSPS) is 20.2. The number of amides is 1. The molecule has 0 aromatic rings. The van der Waals surface area contributed by atoms with Gasteiger partial charge in [-0.15, -0.1) is 13.2 Å². The predicted molar refractivity (Wildman–Crippen MR) is 68.7 cm³/mol. The highest BCUT2D eigenvalue weighted by atomic mass is 16.3. The summed E-state index contributed by atoms with van der Waals surface area (Å²) in [5.41, 5.74) is 0. The Hall–Kier alpha value is -1.13. The Balaban J connectivity index is 2.50. The molecule has 0 bridgehead atoms. The van der Waals surface area contributed by atoms with Crippen LogP contribution in [0.15, 0.2) is 25.3 Å². The van der Waals surface area contributed by atoms with E-state index in [9.17, 15) is 9.90 Å². The first-order valence-electron chi connectivity index (χ1n) is 6.07. The van der Waals surface area contributed by atoms with E-state index in [0.717, 1.165) is 19.4 Å². The van der Waals surface area contributed by atoms with Crippen LogP contribution in [0.2, 0.25) is 0 Å². The number of hydrogen-bond donors (Lipinski definition) is 1. The summed E-state index contributed by atoms with van der Waals surface area (Å²) in [6, 6.07) is 0.147.